The van der Waals surface area contributed by atoms with Gasteiger partial charge in [-0.3, -0.25) is 4.79 Å². The molecule has 1 amide bonds. The lowest BCUT2D eigenvalue weighted by molar-refractivity contribution is -0.120. The zero-order chi connectivity index (χ0) is 18.6. The van der Waals surface area contributed by atoms with E-state index in [2.05, 4.69) is 16.4 Å². The number of nitrogens with zero attached hydrogens (tertiary/aromatic N) is 2. The minimum absolute atomic E-state index is 0.201. The van der Waals surface area contributed by atoms with Crippen LogP contribution in [0.2, 0.25) is 0 Å². The lowest BCUT2D eigenvalue weighted by Gasteiger charge is -2.02. The van der Waals surface area contributed by atoms with Crippen LogP contribution in [-0.4, -0.2) is 23.5 Å². The van der Waals surface area contributed by atoms with Gasteiger partial charge in [-0.15, -0.1) is 6.42 Å². The minimum Gasteiger partial charge on any atom is -0.454 e. The van der Waals surface area contributed by atoms with Crippen molar-refractivity contribution in [3.63, 3.8) is 0 Å². The molecule has 1 aromatic heterocycles. The van der Waals surface area contributed by atoms with Crippen LogP contribution in [0.5, 0.6) is 11.5 Å². The first-order chi connectivity index (χ1) is 13.2. The molecular formula is C21H17N3O3. The molecule has 0 spiro atoms. The molecule has 1 aliphatic rings. The van der Waals surface area contributed by atoms with E-state index in [-0.39, 0.29) is 19.1 Å². The number of carbonyl (C=O) groups is 1. The number of terminal acetylenes is 1. The molecule has 2 aromatic carbocycles. The largest absolute Gasteiger partial charge is 0.454 e. The van der Waals surface area contributed by atoms with Crippen molar-refractivity contribution in [2.75, 3.05) is 6.79 Å². The number of rotatable bonds is 5. The quantitative estimate of drug-likeness (QED) is 0.433. The summed E-state index contributed by atoms with van der Waals surface area (Å²) in [5.41, 5.74) is 5.32. The van der Waals surface area contributed by atoms with Crippen molar-refractivity contribution in [2.24, 2.45) is 5.10 Å². The highest BCUT2D eigenvalue weighted by molar-refractivity contribution is 5.99. The number of ether oxygens (including phenoxy) is 2. The van der Waals surface area contributed by atoms with E-state index in [0.717, 1.165) is 22.0 Å². The molecule has 1 N–H and O–H groups in total. The Morgan fingerprint density at radius 3 is 3.00 bits per heavy atom. The highest BCUT2D eigenvalue weighted by Crippen LogP contribution is 2.32. The van der Waals surface area contributed by atoms with Crippen molar-refractivity contribution in [3.05, 3.63) is 59.8 Å². The standard InChI is InChI=1S/C21H17N3O3/c1-2-9-24-13-16(17-5-3-4-6-18(17)24)12-22-23-21(25)11-15-7-8-19-20(10-15)27-14-26-19/h1,3-8,10,12-13H,9,11,14H2,(H,23,25)/b22-12-. The summed E-state index contributed by atoms with van der Waals surface area (Å²) in [6.45, 7) is 0.688. The lowest BCUT2D eigenvalue weighted by Crippen LogP contribution is -2.19. The van der Waals surface area contributed by atoms with E-state index in [0.29, 0.717) is 18.0 Å². The second kappa shape index (κ2) is 7.26. The first kappa shape index (κ1) is 16.7. The van der Waals surface area contributed by atoms with Crippen molar-refractivity contribution in [1.29, 1.82) is 0 Å². The number of aromatic nitrogens is 1. The molecule has 4 rings (SSSR count). The van der Waals surface area contributed by atoms with Gasteiger partial charge < -0.3 is 14.0 Å². The van der Waals surface area contributed by atoms with Crippen LogP contribution in [-0.2, 0) is 17.8 Å². The predicted octanol–water partition coefficient (Wildman–Crippen LogP) is 2.70. The summed E-state index contributed by atoms with van der Waals surface area (Å²) >= 11 is 0. The molecule has 0 saturated carbocycles. The van der Waals surface area contributed by atoms with Gasteiger partial charge in [0.1, 0.15) is 0 Å². The smallest absolute Gasteiger partial charge is 0.244 e. The summed E-state index contributed by atoms with van der Waals surface area (Å²) in [5.74, 6) is 3.78. The molecular weight excluding hydrogens is 342 g/mol. The predicted molar refractivity (Wildman–Crippen MR) is 103 cm³/mol. The molecule has 1 aliphatic heterocycles. The van der Waals surface area contributed by atoms with Gasteiger partial charge in [-0.2, -0.15) is 5.10 Å². The molecule has 0 saturated heterocycles. The third kappa shape index (κ3) is 3.48. The SMILES string of the molecule is C#CCn1cc(/C=N\NC(=O)Cc2ccc3c(c2)OCO3)c2ccccc21. The monoisotopic (exact) mass is 359 g/mol. The van der Waals surface area contributed by atoms with Gasteiger partial charge in [0.05, 0.1) is 19.2 Å². The molecule has 0 aliphatic carbocycles. The molecule has 6 nitrogen and oxygen atoms in total. The van der Waals surface area contributed by atoms with Crippen molar-refractivity contribution in [1.82, 2.24) is 9.99 Å². The summed E-state index contributed by atoms with van der Waals surface area (Å²) in [7, 11) is 0. The second-order valence-corrected chi connectivity index (χ2v) is 6.09. The van der Waals surface area contributed by atoms with Gasteiger partial charge in [-0.25, -0.2) is 5.43 Å². The van der Waals surface area contributed by atoms with Gasteiger partial charge >= 0.3 is 0 Å². The maximum absolute atomic E-state index is 12.1. The molecule has 0 fully saturated rings. The van der Waals surface area contributed by atoms with Gasteiger partial charge in [0.25, 0.3) is 0 Å². The second-order valence-electron chi connectivity index (χ2n) is 6.09. The van der Waals surface area contributed by atoms with E-state index in [1.165, 1.54) is 0 Å². The topological polar surface area (TPSA) is 64.9 Å². The Morgan fingerprint density at radius 2 is 2.11 bits per heavy atom. The van der Waals surface area contributed by atoms with Gasteiger partial charge in [0.15, 0.2) is 11.5 Å². The zero-order valence-corrected chi connectivity index (χ0v) is 14.5. The molecule has 6 heteroatoms. The summed E-state index contributed by atoms with van der Waals surface area (Å²) in [6, 6.07) is 13.4. The fourth-order valence-corrected chi connectivity index (χ4v) is 3.06. The molecule has 134 valence electrons. The Bertz CT molecular complexity index is 1080. The molecule has 0 atom stereocenters. The van der Waals surface area contributed by atoms with Crippen LogP contribution in [0.4, 0.5) is 0 Å². The first-order valence-corrected chi connectivity index (χ1v) is 8.46. The van der Waals surface area contributed by atoms with Crippen molar-refractivity contribution >= 4 is 23.0 Å². The third-order valence-corrected chi connectivity index (χ3v) is 4.28. The number of para-hydroxylation sites is 1. The van der Waals surface area contributed by atoms with Gasteiger partial charge in [0, 0.05) is 22.7 Å². The normalized spacial score (nSPS) is 12.4. The minimum atomic E-state index is -0.211. The summed E-state index contributed by atoms with van der Waals surface area (Å²) in [4.78, 5) is 12.1. The van der Waals surface area contributed by atoms with Gasteiger partial charge in [0.2, 0.25) is 12.7 Å². The van der Waals surface area contributed by atoms with Crippen molar-refractivity contribution < 1.29 is 14.3 Å². The highest BCUT2D eigenvalue weighted by Gasteiger charge is 2.14. The van der Waals surface area contributed by atoms with Gasteiger partial charge in [-0.05, 0) is 23.8 Å². The van der Waals surface area contributed by atoms with Crippen LogP contribution >= 0.6 is 0 Å². The number of hydrazone groups is 1. The molecule has 0 unspecified atom stereocenters. The van der Waals surface area contributed by atoms with Crippen molar-refractivity contribution in [2.45, 2.75) is 13.0 Å². The number of benzene rings is 2. The number of fused-ring (bicyclic) bond motifs is 2. The zero-order valence-electron chi connectivity index (χ0n) is 14.5. The van der Waals surface area contributed by atoms with Crippen LogP contribution in [0, 0.1) is 12.3 Å². The molecule has 0 bridgehead atoms. The number of amides is 1. The average Bonchev–Trinajstić information content (AvgIpc) is 3.27. The number of nitrogens with one attached hydrogen (secondary N) is 1. The van der Waals surface area contributed by atoms with E-state index < -0.39 is 0 Å². The molecule has 0 radical (unpaired) electrons. The third-order valence-electron chi connectivity index (χ3n) is 4.28. The molecule has 2 heterocycles. The van der Waals surface area contributed by atoms with Crippen LogP contribution in [0.15, 0.2) is 53.8 Å². The maximum Gasteiger partial charge on any atom is 0.244 e. The van der Waals surface area contributed by atoms with Crippen molar-refractivity contribution in [3.8, 4) is 23.8 Å². The summed E-state index contributed by atoms with van der Waals surface area (Å²) in [5, 5.41) is 5.12. The first-order valence-electron chi connectivity index (χ1n) is 8.46. The number of carbonyl (C=O) groups excluding carboxylic acids is 1. The maximum atomic E-state index is 12.1. The Hall–Kier alpha value is -3.72. The highest BCUT2D eigenvalue weighted by atomic mass is 16.7. The van der Waals surface area contributed by atoms with Crippen LogP contribution in [0.3, 0.4) is 0 Å². The number of hydrogen-bond donors (Lipinski definition) is 1. The van der Waals surface area contributed by atoms with E-state index in [1.54, 1.807) is 18.3 Å². The van der Waals surface area contributed by atoms with Crippen LogP contribution in [0.25, 0.3) is 10.9 Å². The number of hydrogen-bond acceptors (Lipinski definition) is 4. The van der Waals surface area contributed by atoms with E-state index in [9.17, 15) is 4.79 Å². The molecule has 27 heavy (non-hydrogen) atoms. The Balaban J connectivity index is 1.44. The average molecular weight is 359 g/mol. The summed E-state index contributed by atoms with van der Waals surface area (Å²) < 4.78 is 12.6. The lowest BCUT2D eigenvalue weighted by atomic mass is 10.1. The summed E-state index contributed by atoms with van der Waals surface area (Å²) in [6.07, 6.45) is 9.19. The van der Waals surface area contributed by atoms with E-state index in [1.807, 2.05) is 41.1 Å². The Labute approximate surface area is 156 Å². The fourth-order valence-electron chi connectivity index (χ4n) is 3.06. The van der Waals surface area contributed by atoms with E-state index >= 15 is 0 Å². The van der Waals surface area contributed by atoms with Gasteiger partial charge in [-0.1, -0.05) is 30.2 Å². The van der Waals surface area contributed by atoms with E-state index in [4.69, 9.17) is 15.9 Å². The fraction of sp³-hybridized carbons (Fsp3) is 0.143. The Morgan fingerprint density at radius 1 is 1.26 bits per heavy atom. The Kier molecular flexibility index (Phi) is 4.50. The van der Waals surface area contributed by atoms with Crippen LogP contribution < -0.4 is 14.9 Å². The van der Waals surface area contributed by atoms with Crippen LogP contribution in [0.1, 0.15) is 11.1 Å². The molecule has 3 aromatic rings.